The van der Waals surface area contributed by atoms with Crippen LogP contribution in [0.3, 0.4) is 0 Å². The Bertz CT molecular complexity index is 492. The lowest BCUT2D eigenvalue weighted by Crippen LogP contribution is -2.49. The quantitative estimate of drug-likeness (QED) is 0.850. The predicted molar refractivity (Wildman–Crippen MR) is 80.0 cm³/mol. The van der Waals surface area contributed by atoms with Gasteiger partial charge in [-0.1, -0.05) is 18.5 Å². The van der Waals surface area contributed by atoms with Crippen molar-refractivity contribution in [2.24, 2.45) is 5.92 Å². The minimum atomic E-state index is -0.0764. The standard InChI is InChI=1S/C14H23ClN4O/c1-10(9-19-12(3)13(15)11(2)16-19)14(20)18-7-5-17(4)6-8-18/h10H,5-9H2,1-4H3/t10-/m1/s1. The lowest BCUT2D eigenvalue weighted by atomic mass is 10.1. The molecule has 0 aliphatic carbocycles. The molecule has 0 aromatic carbocycles. The van der Waals surface area contributed by atoms with E-state index in [0.29, 0.717) is 11.6 Å². The van der Waals surface area contributed by atoms with Gasteiger partial charge >= 0.3 is 0 Å². The molecule has 1 aliphatic heterocycles. The molecule has 6 heteroatoms. The Morgan fingerprint density at radius 3 is 2.40 bits per heavy atom. The highest BCUT2D eigenvalue weighted by molar-refractivity contribution is 6.31. The molecule has 1 atom stereocenters. The van der Waals surface area contributed by atoms with E-state index in [-0.39, 0.29) is 11.8 Å². The van der Waals surface area contributed by atoms with Crippen molar-refractivity contribution in [1.82, 2.24) is 19.6 Å². The summed E-state index contributed by atoms with van der Waals surface area (Å²) in [5.74, 6) is 0.134. The first kappa shape index (κ1) is 15.3. The molecule has 1 fully saturated rings. The Labute approximate surface area is 125 Å². The third-order valence-electron chi connectivity index (χ3n) is 3.98. The van der Waals surface area contributed by atoms with Crippen LogP contribution < -0.4 is 0 Å². The fourth-order valence-corrected chi connectivity index (χ4v) is 2.66. The van der Waals surface area contributed by atoms with E-state index in [4.69, 9.17) is 11.6 Å². The van der Waals surface area contributed by atoms with E-state index in [1.807, 2.05) is 30.4 Å². The molecule has 1 saturated heterocycles. The Hall–Kier alpha value is -1.07. The van der Waals surface area contributed by atoms with E-state index in [9.17, 15) is 4.79 Å². The third kappa shape index (κ3) is 3.15. The van der Waals surface area contributed by atoms with E-state index >= 15 is 0 Å². The van der Waals surface area contributed by atoms with Crippen molar-refractivity contribution in [2.75, 3.05) is 33.2 Å². The molecule has 0 radical (unpaired) electrons. The number of carbonyl (C=O) groups is 1. The van der Waals surface area contributed by atoms with Crippen LogP contribution in [0.1, 0.15) is 18.3 Å². The third-order valence-corrected chi connectivity index (χ3v) is 4.52. The van der Waals surface area contributed by atoms with Crippen molar-refractivity contribution < 1.29 is 4.79 Å². The average Bonchev–Trinajstić information content (AvgIpc) is 2.66. The van der Waals surface area contributed by atoms with Gasteiger partial charge in [-0.05, 0) is 20.9 Å². The number of nitrogens with zero attached hydrogens (tertiary/aromatic N) is 4. The number of halogens is 1. The number of aromatic nitrogens is 2. The van der Waals surface area contributed by atoms with Gasteiger partial charge in [-0.2, -0.15) is 5.10 Å². The second kappa shape index (κ2) is 6.14. The maximum absolute atomic E-state index is 12.4. The van der Waals surface area contributed by atoms with Gasteiger partial charge in [0, 0.05) is 26.2 Å². The van der Waals surface area contributed by atoms with Crippen LogP contribution in [0.25, 0.3) is 0 Å². The fourth-order valence-electron chi connectivity index (χ4n) is 2.53. The molecule has 0 bridgehead atoms. The van der Waals surface area contributed by atoms with Crippen LogP contribution in [0.15, 0.2) is 0 Å². The Balaban J connectivity index is 1.99. The van der Waals surface area contributed by atoms with E-state index in [1.54, 1.807) is 0 Å². The average molecular weight is 299 g/mol. The molecular weight excluding hydrogens is 276 g/mol. The summed E-state index contributed by atoms with van der Waals surface area (Å²) < 4.78 is 1.84. The van der Waals surface area contributed by atoms with Gasteiger partial charge in [-0.15, -0.1) is 0 Å². The zero-order valence-electron chi connectivity index (χ0n) is 12.7. The van der Waals surface area contributed by atoms with Gasteiger partial charge in [-0.3, -0.25) is 9.48 Å². The summed E-state index contributed by atoms with van der Waals surface area (Å²) >= 11 is 6.14. The second-order valence-corrected chi connectivity index (χ2v) is 6.07. The number of hydrogen-bond acceptors (Lipinski definition) is 3. The molecule has 2 heterocycles. The molecule has 1 aromatic heterocycles. The first-order valence-corrected chi connectivity index (χ1v) is 7.44. The zero-order valence-corrected chi connectivity index (χ0v) is 13.4. The predicted octanol–water partition coefficient (Wildman–Crippen LogP) is 1.56. The lowest BCUT2D eigenvalue weighted by Gasteiger charge is -2.34. The van der Waals surface area contributed by atoms with Crippen LogP contribution in [0.5, 0.6) is 0 Å². The normalized spacial score (nSPS) is 18.4. The summed E-state index contributed by atoms with van der Waals surface area (Å²) in [6, 6.07) is 0. The van der Waals surface area contributed by atoms with Crippen molar-refractivity contribution in [3.8, 4) is 0 Å². The van der Waals surface area contributed by atoms with Gasteiger partial charge in [0.05, 0.1) is 28.9 Å². The van der Waals surface area contributed by atoms with Crippen LogP contribution in [0, 0.1) is 19.8 Å². The lowest BCUT2D eigenvalue weighted by molar-refractivity contribution is -0.137. The highest BCUT2D eigenvalue weighted by Crippen LogP contribution is 2.20. The molecule has 1 amide bonds. The first-order chi connectivity index (χ1) is 9.40. The van der Waals surface area contributed by atoms with Gasteiger partial charge < -0.3 is 9.80 Å². The van der Waals surface area contributed by atoms with Crippen LogP contribution in [-0.4, -0.2) is 58.7 Å². The maximum Gasteiger partial charge on any atom is 0.227 e. The van der Waals surface area contributed by atoms with E-state index in [1.165, 1.54) is 0 Å². The number of rotatable bonds is 3. The topological polar surface area (TPSA) is 41.4 Å². The molecular formula is C14H23ClN4O. The second-order valence-electron chi connectivity index (χ2n) is 5.70. The minimum absolute atomic E-state index is 0.0764. The van der Waals surface area contributed by atoms with Gasteiger partial charge in [0.15, 0.2) is 0 Å². The van der Waals surface area contributed by atoms with Crippen molar-refractivity contribution >= 4 is 17.5 Å². The van der Waals surface area contributed by atoms with Crippen LogP contribution in [0.2, 0.25) is 5.02 Å². The number of piperazine rings is 1. The number of amides is 1. The van der Waals surface area contributed by atoms with E-state index in [0.717, 1.165) is 37.6 Å². The van der Waals surface area contributed by atoms with Crippen LogP contribution >= 0.6 is 11.6 Å². The molecule has 5 nitrogen and oxygen atoms in total. The first-order valence-electron chi connectivity index (χ1n) is 7.07. The van der Waals surface area contributed by atoms with Crippen LogP contribution in [0.4, 0.5) is 0 Å². The van der Waals surface area contributed by atoms with Crippen molar-refractivity contribution in [3.63, 3.8) is 0 Å². The highest BCUT2D eigenvalue weighted by Gasteiger charge is 2.24. The minimum Gasteiger partial charge on any atom is -0.340 e. The number of hydrogen-bond donors (Lipinski definition) is 0. The van der Waals surface area contributed by atoms with Crippen molar-refractivity contribution in [2.45, 2.75) is 27.3 Å². The molecule has 1 aromatic rings. The molecule has 112 valence electrons. The molecule has 0 unspecified atom stereocenters. The smallest absolute Gasteiger partial charge is 0.227 e. The Kier molecular flexibility index (Phi) is 4.70. The molecule has 2 rings (SSSR count). The van der Waals surface area contributed by atoms with E-state index < -0.39 is 0 Å². The Morgan fingerprint density at radius 1 is 1.30 bits per heavy atom. The monoisotopic (exact) mass is 298 g/mol. The Morgan fingerprint density at radius 2 is 1.90 bits per heavy atom. The molecule has 1 aliphatic rings. The number of aryl methyl sites for hydroxylation is 1. The number of likely N-dealkylation sites (N-methyl/N-ethyl adjacent to an activating group) is 1. The zero-order chi connectivity index (χ0) is 14.9. The van der Waals surface area contributed by atoms with E-state index in [2.05, 4.69) is 17.0 Å². The summed E-state index contributed by atoms with van der Waals surface area (Å²) in [5.41, 5.74) is 1.76. The largest absolute Gasteiger partial charge is 0.340 e. The van der Waals surface area contributed by atoms with Crippen molar-refractivity contribution in [1.29, 1.82) is 0 Å². The van der Waals surface area contributed by atoms with Gasteiger partial charge in [0.25, 0.3) is 0 Å². The van der Waals surface area contributed by atoms with Crippen LogP contribution in [-0.2, 0) is 11.3 Å². The number of carbonyl (C=O) groups excluding carboxylic acids is 1. The van der Waals surface area contributed by atoms with Gasteiger partial charge in [-0.25, -0.2) is 0 Å². The summed E-state index contributed by atoms with van der Waals surface area (Å²) in [6.07, 6.45) is 0. The van der Waals surface area contributed by atoms with Crippen molar-refractivity contribution in [3.05, 3.63) is 16.4 Å². The van der Waals surface area contributed by atoms with Gasteiger partial charge in [0.1, 0.15) is 0 Å². The summed E-state index contributed by atoms with van der Waals surface area (Å²) in [4.78, 5) is 16.6. The summed E-state index contributed by atoms with van der Waals surface area (Å²) in [5, 5.41) is 5.09. The maximum atomic E-state index is 12.4. The SMILES string of the molecule is Cc1nn(C[C@@H](C)C(=O)N2CCN(C)CC2)c(C)c1Cl. The fraction of sp³-hybridized carbons (Fsp3) is 0.714. The van der Waals surface area contributed by atoms with Gasteiger partial charge in [0.2, 0.25) is 5.91 Å². The highest BCUT2D eigenvalue weighted by atomic mass is 35.5. The molecule has 0 spiro atoms. The summed E-state index contributed by atoms with van der Waals surface area (Å²) in [6.45, 7) is 9.91. The molecule has 0 N–H and O–H groups in total. The summed E-state index contributed by atoms with van der Waals surface area (Å²) in [7, 11) is 2.09. The molecule has 20 heavy (non-hydrogen) atoms. The molecule has 0 saturated carbocycles.